The van der Waals surface area contributed by atoms with Gasteiger partial charge >= 0.3 is 6.18 Å². The lowest BCUT2D eigenvalue weighted by Crippen LogP contribution is -2.21. The van der Waals surface area contributed by atoms with Crippen LogP contribution < -0.4 is 15.8 Å². The summed E-state index contributed by atoms with van der Waals surface area (Å²) < 4.78 is 41.2. The van der Waals surface area contributed by atoms with Gasteiger partial charge in [0.2, 0.25) is 5.91 Å². The highest BCUT2D eigenvalue weighted by Gasteiger charge is 2.28. The highest BCUT2D eigenvalue weighted by Crippen LogP contribution is 2.27. The van der Waals surface area contributed by atoms with Gasteiger partial charge in [0.15, 0.2) is 6.61 Å². The highest BCUT2D eigenvalue weighted by atomic mass is 35.5. The normalized spacial score (nSPS) is 12.3. The minimum atomic E-state index is -4.40. The van der Waals surface area contributed by atoms with E-state index in [4.69, 9.17) is 10.5 Å². The van der Waals surface area contributed by atoms with Crippen LogP contribution in [0.4, 0.5) is 18.9 Å². The Morgan fingerprint density at radius 3 is 2.59 bits per heavy atom. The van der Waals surface area contributed by atoms with Crippen molar-refractivity contribution in [3.8, 4) is 5.75 Å². The average Bonchev–Trinajstić information content (AvgIpc) is 2.36. The molecule has 1 rings (SSSR count). The third kappa shape index (κ3) is 7.51. The zero-order valence-corrected chi connectivity index (χ0v) is 13.2. The minimum Gasteiger partial charge on any atom is -0.484 e. The highest BCUT2D eigenvalue weighted by molar-refractivity contribution is 5.91. The first kappa shape index (κ1) is 20.5. The quantitative estimate of drug-likeness (QED) is 0.834. The van der Waals surface area contributed by atoms with Crippen molar-refractivity contribution in [2.75, 3.05) is 11.9 Å². The van der Waals surface area contributed by atoms with E-state index in [9.17, 15) is 18.0 Å². The topological polar surface area (TPSA) is 64.4 Å². The summed E-state index contributed by atoms with van der Waals surface area (Å²) in [5, 5.41) is 2.65. The molecule has 1 amide bonds. The van der Waals surface area contributed by atoms with Crippen molar-refractivity contribution in [2.45, 2.75) is 38.9 Å². The lowest BCUT2D eigenvalue weighted by atomic mass is 10.1. The number of halogens is 4. The SMILES string of the molecule is Cc1c(NC(=O)CCC(C)N)cccc1OCC(F)(F)F.Cl. The number of hydrogen-bond acceptors (Lipinski definition) is 3. The lowest BCUT2D eigenvalue weighted by Gasteiger charge is -2.15. The number of anilines is 1. The molecule has 0 radical (unpaired) electrons. The van der Waals surface area contributed by atoms with Gasteiger partial charge in [0.1, 0.15) is 5.75 Å². The predicted molar refractivity (Wildman–Crippen MR) is 81.5 cm³/mol. The Bertz CT molecular complexity index is 493. The average molecular weight is 341 g/mol. The van der Waals surface area contributed by atoms with Gasteiger partial charge in [0.05, 0.1) is 0 Å². The molecule has 4 nitrogen and oxygen atoms in total. The number of rotatable bonds is 6. The first-order chi connectivity index (χ1) is 9.69. The minimum absolute atomic E-state index is 0. The van der Waals surface area contributed by atoms with E-state index < -0.39 is 12.8 Å². The number of hydrogen-bond donors (Lipinski definition) is 2. The largest absolute Gasteiger partial charge is 0.484 e. The smallest absolute Gasteiger partial charge is 0.422 e. The molecule has 0 saturated carbocycles. The molecule has 1 aromatic rings. The summed E-state index contributed by atoms with van der Waals surface area (Å²) in [5.41, 5.74) is 6.45. The van der Waals surface area contributed by atoms with Gasteiger partial charge in [-0.3, -0.25) is 4.79 Å². The molecular formula is C14H20ClF3N2O2. The molecule has 1 unspecified atom stereocenters. The van der Waals surface area contributed by atoms with E-state index in [0.29, 0.717) is 17.7 Å². The van der Waals surface area contributed by atoms with Crippen LogP contribution in [0.2, 0.25) is 0 Å². The zero-order valence-electron chi connectivity index (χ0n) is 12.4. The molecule has 0 aliphatic rings. The van der Waals surface area contributed by atoms with Crippen LogP contribution in [0.3, 0.4) is 0 Å². The Hall–Kier alpha value is -1.47. The third-order valence-electron chi connectivity index (χ3n) is 2.78. The molecular weight excluding hydrogens is 321 g/mol. The van der Waals surface area contributed by atoms with Crippen LogP contribution in [0, 0.1) is 6.92 Å². The van der Waals surface area contributed by atoms with Gasteiger partial charge in [-0.1, -0.05) is 6.07 Å². The van der Waals surface area contributed by atoms with E-state index in [-0.39, 0.29) is 36.5 Å². The summed E-state index contributed by atoms with van der Waals surface area (Å²) in [6, 6.07) is 4.48. The number of nitrogens with one attached hydrogen (secondary N) is 1. The lowest BCUT2D eigenvalue weighted by molar-refractivity contribution is -0.153. The van der Waals surface area contributed by atoms with Crippen molar-refractivity contribution in [1.82, 2.24) is 0 Å². The molecule has 0 bridgehead atoms. The van der Waals surface area contributed by atoms with Crippen LogP contribution >= 0.6 is 12.4 Å². The van der Waals surface area contributed by atoms with Gasteiger partial charge in [-0.15, -0.1) is 12.4 Å². The van der Waals surface area contributed by atoms with Crippen LogP contribution in [0.5, 0.6) is 5.75 Å². The van der Waals surface area contributed by atoms with Crippen LogP contribution in [0.25, 0.3) is 0 Å². The first-order valence-electron chi connectivity index (χ1n) is 6.53. The van der Waals surface area contributed by atoms with Crippen LogP contribution in [-0.2, 0) is 4.79 Å². The van der Waals surface area contributed by atoms with Gasteiger partial charge in [0, 0.05) is 23.7 Å². The van der Waals surface area contributed by atoms with Crippen molar-refractivity contribution in [1.29, 1.82) is 0 Å². The van der Waals surface area contributed by atoms with Crippen LogP contribution in [-0.4, -0.2) is 24.7 Å². The summed E-state index contributed by atoms with van der Waals surface area (Å²) in [4.78, 5) is 11.7. The second-order valence-corrected chi connectivity index (χ2v) is 4.90. The second kappa shape index (κ2) is 8.85. The summed E-state index contributed by atoms with van der Waals surface area (Å²) in [7, 11) is 0. The van der Waals surface area contributed by atoms with Gasteiger partial charge in [0.25, 0.3) is 0 Å². The van der Waals surface area contributed by atoms with Gasteiger partial charge in [-0.05, 0) is 32.4 Å². The number of alkyl halides is 3. The Balaban J connectivity index is 0.00000441. The van der Waals surface area contributed by atoms with Crippen molar-refractivity contribution < 1.29 is 22.7 Å². The molecule has 126 valence electrons. The third-order valence-corrected chi connectivity index (χ3v) is 2.78. The van der Waals surface area contributed by atoms with Crippen molar-refractivity contribution in [2.24, 2.45) is 5.73 Å². The number of benzene rings is 1. The maximum Gasteiger partial charge on any atom is 0.422 e. The van der Waals surface area contributed by atoms with Gasteiger partial charge in [-0.2, -0.15) is 13.2 Å². The van der Waals surface area contributed by atoms with E-state index in [2.05, 4.69) is 5.32 Å². The molecule has 0 aromatic heterocycles. The van der Waals surface area contributed by atoms with Gasteiger partial charge < -0.3 is 15.8 Å². The summed E-state index contributed by atoms with van der Waals surface area (Å²) in [5.74, 6) is -0.138. The van der Waals surface area contributed by atoms with E-state index in [1.54, 1.807) is 19.9 Å². The number of carbonyl (C=O) groups is 1. The molecule has 22 heavy (non-hydrogen) atoms. The molecule has 0 saturated heterocycles. The van der Waals surface area contributed by atoms with Crippen molar-refractivity contribution in [3.05, 3.63) is 23.8 Å². The number of amides is 1. The number of carbonyl (C=O) groups excluding carboxylic acids is 1. The fraction of sp³-hybridized carbons (Fsp3) is 0.500. The standard InChI is InChI=1S/C14H19F3N2O2.ClH/c1-9(18)6-7-13(20)19-11-4-3-5-12(10(11)2)21-8-14(15,16)17;/h3-5,9H,6-8,18H2,1-2H3,(H,19,20);1H. The fourth-order valence-corrected chi connectivity index (χ4v) is 1.64. The first-order valence-corrected chi connectivity index (χ1v) is 6.53. The molecule has 0 aliphatic carbocycles. The Kier molecular flexibility index (Phi) is 8.26. The molecule has 3 N–H and O–H groups in total. The molecule has 0 fully saturated rings. The van der Waals surface area contributed by atoms with Crippen molar-refractivity contribution in [3.63, 3.8) is 0 Å². The zero-order chi connectivity index (χ0) is 16.0. The van der Waals surface area contributed by atoms with Crippen LogP contribution in [0.1, 0.15) is 25.3 Å². The molecule has 0 heterocycles. The Morgan fingerprint density at radius 2 is 2.05 bits per heavy atom. The molecule has 0 aliphatic heterocycles. The van der Waals surface area contributed by atoms with Crippen molar-refractivity contribution >= 4 is 24.0 Å². The second-order valence-electron chi connectivity index (χ2n) is 4.90. The molecule has 0 spiro atoms. The monoisotopic (exact) mass is 340 g/mol. The van der Waals surface area contributed by atoms with E-state index in [1.165, 1.54) is 12.1 Å². The van der Waals surface area contributed by atoms with E-state index in [1.807, 2.05) is 0 Å². The summed E-state index contributed by atoms with van der Waals surface area (Å²) in [6.07, 6.45) is -3.61. The van der Waals surface area contributed by atoms with E-state index >= 15 is 0 Å². The predicted octanol–water partition coefficient (Wildman–Crippen LogP) is 3.42. The Morgan fingerprint density at radius 1 is 1.41 bits per heavy atom. The Labute approximate surface area is 133 Å². The molecule has 8 heteroatoms. The van der Waals surface area contributed by atoms with Crippen LogP contribution in [0.15, 0.2) is 18.2 Å². The van der Waals surface area contributed by atoms with E-state index in [0.717, 1.165) is 0 Å². The summed E-state index contributed by atoms with van der Waals surface area (Å²) in [6.45, 7) is 2.02. The molecule has 1 aromatic carbocycles. The number of nitrogens with two attached hydrogens (primary N) is 1. The number of ether oxygens (including phenoxy) is 1. The fourth-order valence-electron chi connectivity index (χ4n) is 1.64. The maximum absolute atomic E-state index is 12.2. The molecule has 1 atom stereocenters. The van der Waals surface area contributed by atoms with Gasteiger partial charge in [-0.25, -0.2) is 0 Å². The summed E-state index contributed by atoms with van der Waals surface area (Å²) >= 11 is 0. The maximum atomic E-state index is 12.2.